The molecule has 100 valence electrons. The maximum atomic E-state index is 5.33. The zero-order valence-corrected chi connectivity index (χ0v) is 10.7. The van der Waals surface area contributed by atoms with Crippen LogP contribution in [0.25, 0.3) is 0 Å². The van der Waals surface area contributed by atoms with Crippen LogP contribution in [0.3, 0.4) is 0 Å². The van der Waals surface area contributed by atoms with Crippen molar-refractivity contribution in [2.45, 2.75) is 12.8 Å². The minimum Gasteiger partial charge on any atom is -0.314 e. The van der Waals surface area contributed by atoms with Crippen molar-refractivity contribution in [2.24, 2.45) is 11.5 Å². The lowest BCUT2D eigenvalue weighted by Gasteiger charge is -2.21. The number of rotatable bonds is 5. The fourth-order valence-corrected chi connectivity index (χ4v) is 1.93. The van der Waals surface area contributed by atoms with Gasteiger partial charge in [-0.2, -0.15) is 0 Å². The number of hydrogen-bond donors (Lipinski definition) is 5. The molecule has 1 fully saturated rings. The molecule has 17 heavy (non-hydrogen) atoms. The lowest BCUT2D eigenvalue weighted by atomic mass is 10.3. The first kappa shape index (κ1) is 14.2. The van der Waals surface area contributed by atoms with Crippen molar-refractivity contribution in [1.82, 2.24) is 15.5 Å². The Morgan fingerprint density at radius 3 is 2.24 bits per heavy atom. The number of nitrogens with two attached hydrogens (primary N) is 2. The van der Waals surface area contributed by atoms with Crippen molar-refractivity contribution < 1.29 is 4.99 Å². The van der Waals surface area contributed by atoms with Crippen LogP contribution in [0.4, 0.5) is 0 Å². The highest BCUT2D eigenvalue weighted by Gasteiger charge is 2.05. The molecule has 1 heterocycles. The van der Waals surface area contributed by atoms with E-state index in [1.54, 1.807) is 0 Å². The molecule has 0 aromatic rings. The van der Waals surface area contributed by atoms with E-state index in [2.05, 4.69) is 20.5 Å². The Morgan fingerprint density at radius 2 is 1.65 bits per heavy atom. The molecule has 1 aliphatic rings. The molecular weight excluding hydrogens is 216 g/mol. The second kappa shape index (κ2) is 9.21. The summed E-state index contributed by atoms with van der Waals surface area (Å²) in [5.41, 5.74) is 10.7. The van der Waals surface area contributed by atoms with Gasteiger partial charge in [0, 0.05) is 39.3 Å². The second-order valence-corrected chi connectivity index (χ2v) is 4.43. The first-order chi connectivity index (χ1) is 8.29. The summed E-state index contributed by atoms with van der Waals surface area (Å²) in [4.78, 5) is 5.45. The smallest absolute Gasteiger partial charge is 0.314 e. The molecule has 0 saturated carbocycles. The Morgan fingerprint density at radius 1 is 1.00 bits per heavy atom. The topological polar surface area (TPSA) is 93.3 Å². The highest BCUT2D eigenvalue weighted by molar-refractivity contribution is 5.69. The van der Waals surface area contributed by atoms with E-state index in [4.69, 9.17) is 11.5 Å². The molecule has 0 aromatic carbocycles. The molecule has 6 heteroatoms. The van der Waals surface area contributed by atoms with Gasteiger partial charge in [0.25, 0.3) is 0 Å². The van der Waals surface area contributed by atoms with Crippen LogP contribution in [0.15, 0.2) is 0 Å². The third kappa shape index (κ3) is 7.95. The summed E-state index contributed by atoms with van der Waals surface area (Å²) in [5, 5.41) is 6.84. The summed E-state index contributed by atoms with van der Waals surface area (Å²) in [6.45, 7) is 8.61. The molecule has 7 N–H and O–H groups in total. The molecule has 0 aliphatic carbocycles. The molecule has 0 atom stereocenters. The molecule has 1 aliphatic heterocycles. The molecule has 6 nitrogen and oxygen atoms in total. The Hall–Kier alpha value is -0.850. The van der Waals surface area contributed by atoms with Crippen LogP contribution >= 0.6 is 0 Å². The first-order valence-corrected chi connectivity index (χ1v) is 6.54. The molecular formula is C11H27N6+. The maximum Gasteiger partial charge on any atom is 0.338 e. The number of nitrogens with zero attached hydrogens (tertiary/aromatic N) is 1. The van der Waals surface area contributed by atoms with E-state index in [1.807, 2.05) is 0 Å². The molecule has 0 aromatic heterocycles. The summed E-state index contributed by atoms with van der Waals surface area (Å²) in [5.74, 6) is 0.321. The standard InChI is InChI=1S/C11H26N6/c12-11(13)16-3-1-2-8-17-9-6-14-4-5-15-7-10-17/h14-15H,1-10H2,(H4,12,13,16)/p+1. The predicted octanol–water partition coefficient (Wildman–Crippen LogP) is -3.38. The average molecular weight is 243 g/mol. The zero-order chi connectivity index (χ0) is 12.3. The summed E-state index contributed by atoms with van der Waals surface area (Å²) in [6, 6.07) is 0. The number of unbranched alkanes of at least 4 members (excludes halogenated alkanes) is 1. The van der Waals surface area contributed by atoms with Crippen molar-refractivity contribution in [3.05, 3.63) is 0 Å². The van der Waals surface area contributed by atoms with Crippen LogP contribution in [0.5, 0.6) is 0 Å². The van der Waals surface area contributed by atoms with Crippen molar-refractivity contribution in [2.75, 3.05) is 52.4 Å². The van der Waals surface area contributed by atoms with Crippen LogP contribution < -0.4 is 27.1 Å². The van der Waals surface area contributed by atoms with Crippen molar-refractivity contribution in [3.63, 3.8) is 0 Å². The Kier molecular flexibility index (Phi) is 7.70. The van der Waals surface area contributed by atoms with Gasteiger partial charge in [-0.15, -0.1) is 0 Å². The molecule has 1 rings (SSSR count). The normalized spacial score (nSPS) is 19.1. The Balaban J connectivity index is 2.08. The zero-order valence-electron chi connectivity index (χ0n) is 10.7. The largest absolute Gasteiger partial charge is 0.338 e. The molecule has 0 spiro atoms. The average Bonchev–Trinajstić information content (AvgIpc) is 2.42. The van der Waals surface area contributed by atoms with Gasteiger partial charge in [0.1, 0.15) is 0 Å². The quantitative estimate of drug-likeness (QED) is 0.197. The van der Waals surface area contributed by atoms with E-state index in [-0.39, 0.29) is 0 Å². The minimum atomic E-state index is 0.321. The summed E-state index contributed by atoms with van der Waals surface area (Å²) < 4.78 is 0. The Bertz CT molecular complexity index is 204. The van der Waals surface area contributed by atoms with Crippen LogP contribution in [0.1, 0.15) is 12.8 Å². The lowest BCUT2D eigenvalue weighted by Crippen LogP contribution is -2.78. The molecule has 0 bridgehead atoms. The van der Waals surface area contributed by atoms with Crippen LogP contribution in [0.2, 0.25) is 0 Å². The van der Waals surface area contributed by atoms with Crippen molar-refractivity contribution >= 4 is 5.96 Å². The summed E-state index contributed by atoms with van der Waals surface area (Å²) in [7, 11) is 0. The van der Waals surface area contributed by atoms with Gasteiger partial charge in [-0.05, 0) is 19.4 Å². The second-order valence-electron chi connectivity index (χ2n) is 4.43. The first-order valence-electron chi connectivity index (χ1n) is 6.54. The number of nitrogens with one attached hydrogen (secondary N) is 3. The number of hydrogen-bond acceptors (Lipinski definition) is 3. The van der Waals surface area contributed by atoms with Gasteiger partial charge in [-0.25, -0.2) is 0 Å². The Labute approximate surface area is 104 Å². The van der Waals surface area contributed by atoms with Gasteiger partial charge >= 0.3 is 5.96 Å². The van der Waals surface area contributed by atoms with E-state index in [1.165, 1.54) is 6.42 Å². The van der Waals surface area contributed by atoms with E-state index in [9.17, 15) is 0 Å². The SMILES string of the molecule is NC(N)=[NH+]CCCCN1CCNCCNCC1. The monoisotopic (exact) mass is 243 g/mol. The molecule has 0 radical (unpaired) electrons. The minimum absolute atomic E-state index is 0.321. The van der Waals surface area contributed by atoms with Crippen LogP contribution in [-0.2, 0) is 0 Å². The fraction of sp³-hybridized carbons (Fsp3) is 0.909. The van der Waals surface area contributed by atoms with Gasteiger partial charge < -0.3 is 15.5 Å². The summed E-state index contributed by atoms with van der Waals surface area (Å²) in [6.07, 6.45) is 2.29. The van der Waals surface area contributed by atoms with E-state index in [0.717, 1.165) is 58.8 Å². The molecule has 0 unspecified atom stereocenters. The van der Waals surface area contributed by atoms with Crippen LogP contribution in [0, 0.1) is 0 Å². The van der Waals surface area contributed by atoms with Gasteiger partial charge in [-0.3, -0.25) is 16.5 Å². The van der Waals surface area contributed by atoms with Crippen molar-refractivity contribution in [1.29, 1.82) is 0 Å². The third-order valence-electron chi connectivity index (χ3n) is 2.92. The van der Waals surface area contributed by atoms with E-state index in [0.29, 0.717) is 5.96 Å². The number of guanidine groups is 1. The lowest BCUT2D eigenvalue weighted by molar-refractivity contribution is -0.459. The van der Waals surface area contributed by atoms with E-state index >= 15 is 0 Å². The van der Waals surface area contributed by atoms with Crippen LogP contribution in [-0.4, -0.2) is 63.2 Å². The van der Waals surface area contributed by atoms with Crippen molar-refractivity contribution in [3.8, 4) is 0 Å². The summed E-state index contributed by atoms with van der Waals surface area (Å²) >= 11 is 0. The van der Waals surface area contributed by atoms with Gasteiger partial charge in [-0.1, -0.05) is 0 Å². The fourth-order valence-electron chi connectivity index (χ4n) is 1.93. The van der Waals surface area contributed by atoms with Gasteiger partial charge in [0.2, 0.25) is 0 Å². The highest BCUT2D eigenvalue weighted by atomic mass is 15.2. The maximum absolute atomic E-state index is 5.33. The van der Waals surface area contributed by atoms with Gasteiger partial charge in [0.05, 0.1) is 6.54 Å². The molecule has 1 saturated heterocycles. The van der Waals surface area contributed by atoms with Gasteiger partial charge in [0.15, 0.2) is 0 Å². The van der Waals surface area contributed by atoms with E-state index < -0.39 is 0 Å². The molecule has 0 amide bonds. The third-order valence-corrected chi connectivity index (χ3v) is 2.92. The predicted molar refractivity (Wildman–Crippen MR) is 70.6 cm³/mol. The highest BCUT2D eigenvalue weighted by Crippen LogP contribution is 1.93.